The van der Waals surface area contributed by atoms with Crippen molar-refractivity contribution in [2.75, 3.05) is 11.5 Å². The molecule has 0 saturated carbocycles. The average Bonchev–Trinajstić information content (AvgIpc) is 3.54. The molecule has 2 heterocycles. The largest absolute Gasteiger partial charge is 0.507 e. The number of aliphatic hydroxyl groups is 1. The lowest BCUT2D eigenvalue weighted by Crippen LogP contribution is -2.29. The molecule has 5 rings (SSSR count). The summed E-state index contributed by atoms with van der Waals surface area (Å²) in [6, 6.07) is 17.5. The van der Waals surface area contributed by atoms with Gasteiger partial charge in [-0.1, -0.05) is 84.1 Å². The van der Waals surface area contributed by atoms with Crippen molar-refractivity contribution in [1.82, 2.24) is 10.2 Å². The second kappa shape index (κ2) is 12.4. The fraction of sp³-hybridized carbons (Fsp3) is 0.200. The summed E-state index contributed by atoms with van der Waals surface area (Å²) in [5, 5.41) is 20.5. The summed E-state index contributed by atoms with van der Waals surface area (Å²) in [7, 11) is 0. The third-order valence-corrected chi connectivity index (χ3v) is 8.94. The smallest absolute Gasteiger partial charge is 0.301 e. The van der Waals surface area contributed by atoms with Gasteiger partial charge in [-0.25, -0.2) is 4.39 Å². The molecule has 4 aromatic rings. The summed E-state index contributed by atoms with van der Waals surface area (Å²) >= 11 is 8.83. The Hall–Kier alpha value is -3.73. The maximum Gasteiger partial charge on any atom is 0.301 e. The Labute approximate surface area is 249 Å². The number of Topliss-reactive ketones (excluding diaryl/α,β-unsaturated/α-hetero) is 1. The minimum Gasteiger partial charge on any atom is -0.507 e. The van der Waals surface area contributed by atoms with Crippen molar-refractivity contribution < 1.29 is 23.8 Å². The van der Waals surface area contributed by atoms with Gasteiger partial charge in [-0.15, -0.1) is 10.2 Å². The monoisotopic (exact) mass is 609 g/mol. The zero-order valence-electron chi connectivity index (χ0n) is 22.1. The molecule has 1 amide bonds. The van der Waals surface area contributed by atoms with Crippen molar-refractivity contribution in [2.24, 2.45) is 0 Å². The third-order valence-electron chi connectivity index (χ3n) is 6.47. The van der Waals surface area contributed by atoms with Gasteiger partial charge in [0.05, 0.1) is 18.2 Å². The van der Waals surface area contributed by atoms with Crippen LogP contribution in [0.15, 0.2) is 76.6 Å². The van der Waals surface area contributed by atoms with E-state index >= 15 is 0 Å². The van der Waals surface area contributed by atoms with Gasteiger partial charge in [-0.05, 0) is 54.3 Å². The standard InChI is InChI=1S/C30H25ClFN3O4S2/c1-3-14-39-21-12-10-18(11-13-21)25-24(26(36)19-9-8-17(2)23(32)15-19)27(37)28(38)35(25)29-33-34-30(41-29)40-16-20-6-4-5-7-22(20)31/h4-13,15,25,36H,3,14,16H2,1-2H3/t25-/m0/s1. The SMILES string of the molecule is CCCOc1ccc([C@H]2C(=C(O)c3ccc(C)c(F)c3)C(=O)C(=O)N2c2nnc(SCc3ccccc3Cl)s2)cc1. The van der Waals surface area contributed by atoms with Gasteiger partial charge < -0.3 is 9.84 Å². The summed E-state index contributed by atoms with van der Waals surface area (Å²) < 4.78 is 20.7. The first-order chi connectivity index (χ1) is 19.8. The van der Waals surface area contributed by atoms with Crippen LogP contribution >= 0.6 is 34.7 Å². The van der Waals surface area contributed by atoms with Crippen LogP contribution in [-0.4, -0.2) is 33.6 Å². The maximum absolute atomic E-state index is 14.4. The minimum atomic E-state index is -1.02. The molecule has 0 unspecified atom stereocenters. The summed E-state index contributed by atoms with van der Waals surface area (Å²) in [6.07, 6.45) is 0.836. The molecular formula is C30H25ClFN3O4S2. The predicted molar refractivity (Wildman–Crippen MR) is 159 cm³/mol. The van der Waals surface area contributed by atoms with E-state index in [1.807, 2.05) is 25.1 Å². The first-order valence-corrected chi connectivity index (χ1v) is 15.0. The normalized spacial score (nSPS) is 16.4. The van der Waals surface area contributed by atoms with E-state index in [0.29, 0.717) is 38.6 Å². The van der Waals surface area contributed by atoms with Crippen LogP contribution in [0.4, 0.5) is 9.52 Å². The topological polar surface area (TPSA) is 92.6 Å². The van der Waals surface area contributed by atoms with Gasteiger partial charge in [0.15, 0.2) is 4.34 Å². The Morgan fingerprint density at radius 1 is 1.12 bits per heavy atom. The summed E-state index contributed by atoms with van der Waals surface area (Å²) in [5.41, 5.74) is 1.78. The number of anilines is 1. The molecule has 210 valence electrons. The van der Waals surface area contributed by atoms with Gasteiger partial charge in [-0.2, -0.15) is 0 Å². The molecule has 1 aromatic heterocycles. The minimum absolute atomic E-state index is 0.0900. The van der Waals surface area contributed by atoms with E-state index < -0.39 is 29.3 Å². The van der Waals surface area contributed by atoms with E-state index in [1.165, 1.54) is 28.8 Å². The number of nitrogens with zero attached hydrogens (tertiary/aromatic N) is 3. The van der Waals surface area contributed by atoms with Crippen molar-refractivity contribution >= 4 is 57.3 Å². The number of aliphatic hydroxyl groups excluding tert-OH is 1. The van der Waals surface area contributed by atoms with Crippen molar-refractivity contribution in [3.63, 3.8) is 0 Å². The Morgan fingerprint density at radius 3 is 2.59 bits per heavy atom. The number of hydrogen-bond acceptors (Lipinski definition) is 8. The van der Waals surface area contributed by atoms with Gasteiger partial charge in [-0.3, -0.25) is 14.5 Å². The molecule has 3 aromatic carbocycles. The number of amides is 1. The Balaban J connectivity index is 1.54. The van der Waals surface area contributed by atoms with Crippen LogP contribution < -0.4 is 9.64 Å². The number of aryl methyl sites for hydroxylation is 1. The number of hydrogen-bond donors (Lipinski definition) is 1. The lowest BCUT2D eigenvalue weighted by Gasteiger charge is -2.22. The second-order valence-corrected chi connectivity index (χ2v) is 11.9. The van der Waals surface area contributed by atoms with Gasteiger partial charge in [0.2, 0.25) is 5.13 Å². The summed E-state index contributed by atoms with van der Waals surface area (Å²) in [5.74, 6) is -1.62. The number of halogens is 2. The molecule has 7 nitrogen and oxygen atoms in total. The van der Waals surface area contributed by atoms with Crippen LogP contribution in [0.1, 0.15) is 41.6 Å². The molecule has 1 N–H and O–H groups in total. The zero-order chi connectivity index (χ0) is 29.1. The maximum atomic E-state index is 14.4. The van der Waals surface area contributed by atoms with Crippen molar-refractivity contribution in [3.8, 4) is 5.75 Å². The molecule has 0 spiro atoms. The Bertz CT molecular complexity index is 1640. The quantitative estimate of drug-likeness (QED) is 0.0697. The van der Waals surface area contributed by atoms with E-state index in [2.05, 4.69) is 10.2 Å². The molecule has 41 heavy (non-hydrogen) atoms. The highest BCUT2D eigenvalue weighted by Gasteiger charge is 2.48. The first-order valence-electron chi connectivity index (χ1n) is 12.8. The lowest BCUT2D eigenvalue weighted by molar-refractivity contribution is -0.132. The number of aromatic nitrogens is 2. The van der Waals surface area contributed by atoms with Crippen LogP contribution in [0, 0.1) is 12.7 Å². The van der Waals surface area contributed by atoms with Crippen LogP contribution in [0.2, 0.25) is 5.02 Å². The van der Waals surface area contributed by atoms with Gasteiger partial charge in [0.1, 0.15) is 17.3 Å². The average molecular weight is 610 g/mol. The highest BCUT2D eigenvalue weighted by atomic mass is 35.5. The van der Waals surface area contributed by atoms with Crippen molar-refractivity contribution in [2.45, 2.75) is 36.4 Å². The van der Waals surface area contributed by atoms with Crippen LogP contribution in [0.25, 0.3) is 5.76 Å². The van der Waals surface area contributed by atoms with Gasteiger partial charge >= 0.3 is 5.91 Å². The summed E-state index contributed by atoms with van der Waals surface area (Å²) in [6.45, 7) is 4.13. The molecule has 0 bridgehead atoms. The fourth-order valence-electron chi connectivity index (χ4n) is 4.32. The molecule has 1 aliphatic heterocycles. The summed E-state index contributed by atoms with van der Waals surface area (Å²) in [4.78, 5) is 28.1. The predicted octanol–water partition coefficient (Wildman–Crippen LogP) is 7.35. The van der Waals surface area contributed by atoms with Crippen molar-refractivity contribution in [1.29, 1.82) is 0 Å². The van der Waals surface area contributed by atoms with Crippen LogP contribution in [0.3, 0.4) is 0 Å². The second-order valence-electron chi connectivity index (χ2n) is 9.28. The molecule has 0 aliphatic carbocycles. The highest BCUT2D eigenvalue weighted by Crippen LogP contribution is 2.44. The number of carbonyl (C=O) groups is 2. The third kappa shape index (κ3) is 6.00. The number of carbonyl (C=O) groups excluding carboxylic acids is 2. The van der Waals surface area contributed by atoms with E-state index in [4.69, 9.17) is 16.3 Å². The van der Waals surface area contributed by atoms with Crippen molar-refractivity contribution in [3.05, 3.63) is 105 Å². The number of ether oxygens (including phenoxy) is 1. The Kier molecular flexibility index (Phi) is 8.72. The van der Waals surface area contributed by atoms with Gasteiger partial charge in [0.25, 0.3) is 5.78 Å². The van der Waals surface area contributed by atoms with Gasteiger partial charge in [0, 0.05) is 16.3 Å². The highest BCUT2D eigenvalue weighted by molar-refractivity contribution is 8.00. The zero-order valence-corrected chi connectivity index (χ0v) is 24.5. The molecule has 1 fully saturated rings. The molecular weight excluding hydrogens is 585 g/mol. The number of ketones is 1. The first kappa shape index (κ1) is 28.8. The molecule has 11 heteroatoms. The van der Waals surface area contributed by atoms with Crippen LogP contribution in [-0.2, 0) is 15.3 Å². The molecule has 1 atom stereocenters. The number of thioether (sulfide) groups is 1. The van der Waals surface area contributed by atoms with E-state index in [-0.39, 0.29) is 16.3 Å². The number of benzene rings is 3. The Morgan fingerprint density at radius 2 is 1.88 bits per heavy atom. The molecule has 0 radical (unpaired) electrons. The van der Waals surface area contributed by atoms with E-state index in [1.54, 1.807) is 37.3 Å². The number of rotatable bonds is 9. The van der Waals surface area contributed by atoms with E-state index in [0.717, 1.165) is 29.4 Å². The fourth-order valence-corrected chi connectivity index (χ4v) is 6.47. The molecule has 1 saturated heterocycles. The lowest BCUT2D eigenvalue weighted by atomic mass is 9.95. The molecule has 1 aliphatic rings. The van der Waals surface area contributed by atoms with E-state index in [9.17, 15) is 19.1 Å². The van der Waals surface area contributed by atoms with Crippen LogP contribution in [0.5, 0.6) is 5.75 Å².